The molecular formula is C21H21NO3. The van der Waals surface area contributed by atoms with Crippen LogP contribution >= 0.6 is 0 Å². The Morgan fingerprint density at radius 2 is 1.56 bits per heavy atom. The lowest BCUT2D eigenvalue weighted by molar-refractivity contribution is -0.122. The highest BCUT2D eigenvalue weighted by atomic mass is 16.5. The summed E-state index contributed by atoms with van der Waals surface area (Å²) in [6.45, 7) is 0.346. The summed E-state index contributed by atoms with van der Waals surface area (Å²) < 4.78 is 10.8. The van der Waals surface area contributed by atoms with Crippen LogP contribution in [-0.2, 0) is 9.53 Å². The van der Waals surface area contributed by atoms with Crippen LogP contribution < -0.4 is 5.32 Å². The van der Waals surface area contributed by atoms with Gasteiger partial charge >= 0.3 is 0 Å². The Bertz CT molecular complexity index is 730. The second-order valence-electron chi connectivity index (χ2n) is 5.74. The van der Waals surface area contributed by atoms with Crippen LogP contribution in [0.4, 0.5) is 0 Å². The molecule has 1 heterocycles. The molecule has 0 saturated carbocycles. The van der Waals surface area contributed by atoms with Gasteiger partial charge in [0.2, 0.25) is 5.91 Å². The van der Waals surface area contributed by atoms with Crippen LogP contribution in [0.15, 0.2) is 83.5 Å². The summed E-state index contributed by atoms with van der Waals surface area (Å²) in [5, 5.41) is 3.00. The Hall–Kier alpha value is -2.85. The summed E-state index contributed by atoms with van der Waals surface area (Å²) in [5.74, 6) is 0.265. The van der Waals surface area contributed by atoms with Crippen molar-refractivity contribution in [1.29, 1.82) is 0 Å². The zero-order chi connectivity index (χ0) is 17.5. The van der Waals surface area contributed by atoms with E-state index in [0.717, 1.165) is 11.1 Å². The molecule has 128 valence electrons. The van der Waals surface area contributed by atoms with Crippen molar-refractivity contribution in [3.05, 3.63) is 95.9 Å². The minimum absolute atomic E-state index is 0.0639. The van der Waals surface area contributed by atoms with Crippen molar-refractivity contribution >= 4 is 5.91 Å². The quantitative estimate of drug-likeness (QED) is 0.712. The first-order valence-electron chi connectivity index (χ1n) is 8.23. The summed E-state index contributed by atoms with van der Waals surface area (Å²) in [7, 11) is 1.60. The van der Waals surface area contributed by atoms with Crippen LogP contribution in [0.3, 0.4) is 0 Å². The van der Waals surface area contributed by atoms with Gasteiger partial charge < -0.3 is 14.5 Å². The van der Waals surface area contributed by atoms with Gasteiger partial charge in [-0.3, -0.25) is 4.79 Å². The van der Waals surface area contributed by atoms with Gasteiger partial charge in [-0.25, -0.2) is 0 Å². The molecule has 0 bridgehead atoms. The number of carbonyl (C=O) groups excluding carboxylic acids is 1. The van der Waals surface area contributed by atoms with Gasteiger partial charge in [0.15, 0.2) is 0 Å². The average Bonchev–Trinajstić information content (AvgIpc) is 3.19. The van der Waals surface area contributed by atoms with E-state index in [9.17, 15) is 4.79 Å². The van der Waals surface area contributed by atoms with E-state index >= 15 is 0 Å². The van der Waals surface area contributed by atoms with Crippen molar-refractivity contribution < 1.29 is 13.9 Å². The van der Waals surface area contributed by atoms with E-state index in [1.807, 2.05) is 66.7 Å². The molecule has 1 amide bonds. The average molecular weight is 335 g/mol. The second-order valence-corrected chi connectivity index (χ2v) is 5.74. The number of amides is 1. The van der Waals surface area contributed by atoms with Crippen molar-refractivity contribution in [3.8, 4) is 0 Å². The molecule has 25 heavy (non-hydrogen) atoms. The van der Waals surface area contributed by atoms with Crippen LogP contribution in [0.2, 0.25) is 0 Å². The van der Waals surface area contributed by atoms with Crippen molar-refractivity contribution in [1.82, 2.24) is 5.32 Å². The van der Waals surface area contributed by atoms with E-state index in [1.165, 1.54) is 0 Å². The Balaban J connectivity index is 1.78. The number of furan rings is 1. The van der Waals surface area contributed by atoms with Gasteiger partial charge in [0.05, 0.1) is 18.7 Å². The predicted octanol–water partition coefficient (Wildman–Crippen LogP) is 3.92. The Morgan fingerprint density at radius 3 is 2.04 bits per heavy atom. The fraction of sp³-hybridized carbons (Fsp3) is 0.190. The van der Waals surface area contributed by atoms with Gasteiger partial charge in [-0.2, -0.15) is 0 Å². The van der Waals surface area contributed by atoms with Crippen LogP contribution in [0.5, 0.6) is 0 Å². The molecule has 3 rings (SSSR count). The Labute approximate surface area is 147 Å². The van der Waals surface area contributed by atoms with E-state index in [1.54, 1.807) is 19.4 Å². The van der Waals surface area contributed by atoms with Gasteiger partial charge in [0.1, 0.15) is 11.9 Å². The molecule has 0 radical (unpaired) electrons. The summed E-state index contributed by atoms with van der Waals surface area (Å²) in [4.78, 5) is 12.9. The molecule has 0 aliphatic rings. The number of hydrogen-bond donors (Lipinski definition) is 1. The highest BCUT2D eigenvalue weighted by Gasteiger charge is 2.24. The van der Waals surface area contributed by atoms with Crippen molar-refractivity contribution in [2.45, 2.75) is 12.0 Å². The molecule has 1 atom stereocenters. The lowest BCUT2D eigenvalue weighted by Crippen LogP contribution is -2.33. The zero-order valence-electron chi connectivity index (χ0n) is 14.1. The van der Waals surface area contributed by atoms with E-state index < -0.39 is 0 Å². The van der Waals surface area contributed by atoms with Gasteiger partial charge in [-0.15, -0.1) is 0 Å². The SMILES string of the molecule is COC(CNC(=O)C(c1ccccc1)c1ccccc1)c1ccco1. The maximum atomic E-state index is 12.9. The molecule has 2 aromatic carbocycles. The van der Waals surface area contributed by atoms with Gasteiger partial charge in [0.25, 0.3) is 0 Å². The number of ether oxygens (including phenoxy) is 1. The first kappa shape index (κ1) is 17.0. The van der Waals surface area contributed by atoms with E-state index in [2.05, 4.69) is 5.32 Å². The lowest BCUT2D eigenvalue weighted by atomic mass is 9.90. The molecule has 1 N–H and O–H groups in total. The summed E-state index contributed by atoms with van der Waals surface area (Å²) >= 11 is 0. The zero-order valence-corrected chi connectivity index (χ0v) is 14.1. The smallest absolute Gasteiger partial charge is 0.232 e. The molecule has 4 nitrogen and oxygen atoms in total. The standard InChI is InChI=1S/C21H21NO3/c1-24-19(18-13-8-14-25-18)15-22-21(23)20(16-9-4-2-5-10-16)17-11-6-3-7-12-17/h2-14,19-20H,15H2,1H3,(H,22,23). The van der Waals surface area contributed by atoms with Crippen LogP contribution in [-0.4, -0.2) is 19.6 Å². The fourth-order valence-corrected chi connectivity index (χ4v) is 2.86. The molecule has 0 fully saturated rings. The Morgan fingerprint density at radius 1 is 0.960 bits per heavy atom. The van der Waals surface area contributed by atoms with Crippen molar-refractivity contribution in [3.63, 3.8) is 0 Å². The van der Waals surface area contributed by atoms with Gasteiger partial charge in [0, 0.05) is 7.11 Å². The lowest BCUT2D eigenvalue weighted by Gasteiger charge is -2.20. The minimum Gasteiger partial charge on any atom is -0.467 e. The molecular weight excluding hydrogens is 314 g/mol. The predicted molar refractivity (Wildman–Crippen MR) is 96.2 cm³/mol. The number of methoxy groups -OCH3 is 1. The highest BCUT2D eigenvalue weighted by Crippen LogP contribution is 2.25. The molecule has 1 unspecified atom stereocenters. The second kappa shape index (κ2) is 8.31. The first-order chi connectivity index (χ1) is 12.3. The van der Waals surface area contributed by atoms with Crippen LogP contribution in [0, 0.1) is 0 Å². The fourth-order valence-electron chi connectivity index (χ4n) is 2.86. The monoisotopic (exact) mass is 335 g/mol. The molecule has 0 aliphatic carbocycles. The van der Waals surface area contributed by atoms with Gasteiger partial charge in [-0.1, -0.05) is 60.7 Å². The van der Waals surface area contributed by atoms with Crippen molar-refractivity contribution in [2.75, 3.05) is 13.7 Å². The Kier molecular flexibility index (Phi) is 5.65. The normalized spacial score (nSPS) is 12.1. The van der Waals surface area contributed by atoms with Crippen LogP contribution in [0.25, 0.3) is 0 Å². The molecule has 3 aromatic rings. The largest absolute Gasteiger partial charge is 0.467 e. The van der Waals surface area contributed by atoms with E-state index in [0.29, 0.717) is 12.3 Å². The molecule has 0 spiro atoms. The molecule has 0 aliphatic heterocycles. The number of rotatable bonds is 7. The van der Waals surface area contributed by atoms with E-state index in [4.69, 9.17) is 9.15 Å². The number of benzene rings is 2. The topological polar surface area (TPSA) is 51.5 Å². The first-order valence-corrected chi connectivity index (χ1v) is 8.23. The van der Waals surface area contributed by atoms with E-state index in [-0.39, 0.29) is 17.9 Å². The third-order valence-electron chi connectivity index (χ3n) is 4.13. The number of hydrogen-bond acceptors (Lipinski definition) is 3. The third-order valence-corrected chi connectivity index (χ3v) is 4.13. The summed E-state index contributed by atoms with van der Waals surface area (Å²) in [6, 6.07) is 23.2. The molecule has 1 aromatic heterocycles. The van der Waals surface area contributed by atoms with Gasteiger partial charge in [-0.05, 0) is 23.3 Å². The van der Waals surface area contributed by atoms with Crippen LogP contribution in [0.1, 0.15) is 28.9 Å². The van der Waals surface area contributed by atoms with Crippen molar-refractivity contribution in [2.24, 2.45) is 0 Å². The third kappa shape index (κ3) is 4.17. The molecule has 0 saturated heterocycles. The highest BCUT2D eigenvalue weighted by molar-refractivity contribution is 5.87. The molecule has 4 heteroatoms. The maximum Gasteiger partial charge on any atom is 0.232 e. The summed E-state index contributed by atoms with van der Waals surface area (Å²) in [5.41, 5.74) is 1.91. The minimum atomic E-state index is -0.364. The maximum absolute atomic E-state index is 12.9. The number of carbonyl (C=O) groups is 1. The summed E-state index contributed by atoms with van der Waals surface area (Å²) in [6.07, 6.45) is 1.28. The number of nitrogens with one attached hydrogen (secondary N) is 1.